The molecular formula is C19H23NO2S. The molecule has 1 fully saturated rings. The van der Waals surface area contributed by atoms with Gasteiger partial charge in [0.05, 0.1) is 4.88 Å². The van der Waals surface area contributed by atoms with E-state index in [4.69, 9.17) is 4.74 Å². The number of carbonyl (C=O) groups is 1. The maximum Gasteiger partial charge on any atom is 0.264 e. The molecule has 1 aromatic heterocycles. The maximum absolute atomic E-state index is 13.0. The highest BCUT2D eigenvalue weighted by atomic mass is 32.1. The van der Waals surface area contributed by atoms with E-state index >= 15 is 0 Å². The van der Waals surface area contributed by atoms with Gasteiger partial charge < -0.3 is 9.64 Å². The van der Waals surface area contributed by atoms with E-state index < -0.39 is 0 Å². The number of hydrogen-bond donors (Lipinski definition) is 0. The van der Waals surface area contributed by atoms with Crippen LogP contribution in [0.5, 0.6) is 0 Å². The van der Waals surface area contributed by atoms with Crippen molar-refractivity contribution in [3.8, 4) is 0 Å². The Morgan fingerprint density at radius 3 is 2.61 bits per heavy atom. The molecule has 1 saturated heterocycles. The second-order valence-electron chi connectivity index (χ2n) is 6.16. The van der Waals surface area contributed by atoms with Crippen LogP contribution in [0.15, 0.2) is 41.8 Å². The van der Waals surface area contributed by atoms with E-state index in [0.29, 0.717) is 12.5 Å². The van der Waals surface area contributed by atoms with Gasteiger partial charge in [-0.15, -0.1) is 11.3 Å². The molecule has 3 nitrogen and oxygen atoms in total. The van der Waals surface area contributed by atoms with Crippen molar-refractivity contribution in [1.82, 2.24) is 4.90 Å². The second-order valence-corrected chi connectivity index (χ2v) is 7.08. The summed E-state index contributed by atoms with van der Waals surface area (Å²) in [5.41, 5.74) is 2.26. The number of amides is 1. The second kappa shape index (κ2) is 7.75. The van der Waals surface area contributed by atoms with Crippen molar-refractivity contribution in [3.05, 3.63) is 57.8 Å². The average molecular weight is 329 g/mol. The Labute approximate surface area is 141 Å². The molecule has 0 saturated carbocycles. The number of benzene rings is 1. The van der Waals surface area contributed by atoms with Crippen LogP contribution >= 0.6 is 11.3 Å². The number of ether oxygens (including phenoxy) is 1. The van der Waals surface area contributed by atoms with E-state index in [2.05, 4.69) is 12.1 Å². The van der Waals surface area contributed by atoms with Crippen LogP contribution in [0.3, 0.4) is 0 Å². The van der Waals surface area contributed by atoms with Gasteiger partial charge in [-0.05, 0) is 48.3 Å². The Kier molecular flexibility index (Phi) is 5.47. The molecule has 0 radical (unpaired) electrons. The maximum atomic E-state index is 13.0. The molecule has 23 heavy (non-hydrogen) atoms. The fourth-order valence-corrected chi connectivity index (χ4v) is 3.89. The van der Waals surface area contributed by atoms with Gasteiger partial charge in [0.15, 0.2) is 0 Å². The Morgan fingerprint density at radius 2 is 1.96 bits per heavy atom. The van der Waals surface area contributed by atoms with Gasteiger partial charge in [0.25, 0.3) is 5.91 Å². The van der Waals surface area contributed by atoms with Gasteiger partial charge in [-0.2, -0.15) is 0 Å². The molecule has 0 unspecified atom stereocenters. The van der Waals surface area contributed by atoms with Gasteiger partial charge in [0.1, 0.15) is 0 Å². The van der Waals surface area contributed by atoms with E-state index in [9.17, 15) is 4.79 Å². The molecule has 0 spiro atoms. The lowest BCUT2D eigenvalue weighted by molar-refractivity contribution is 0.0447. The molecular weight excluding hydrogens is 306 g/mol. The molecule has 0 atom stereocenters. The summed E-state index contributed by atoms with van der Waals surface area (Å²) in [5.74, 6) is 0.699. The predicted octanol–water partition coefficient (Wildman–Crippen LogP) is 4.13. The van der Waals surface area contributed by atoms with E-state index in [-0.39, 0.29) is 5.91 Å². The van der Waals surface area contributed by atoms with E-state index in [0.717, 1.165) is 43.0 Å². The SMILES string of the molecule is Cc1ccsc1C(=O)N(Cc1ccccc1)CC1CCOCC1. The summed E-state index contributed by atoms with van der Waals surface area (Å²) in [6, 6.07) is 12.3. The third kappa shape index (κ3) is 4.21. The van der Waals surface area contributed by atoms with Crippen molar-refractivity contribution in [1.29, 1.82) is 0 Å². The molecule has 2 aromatic rings. The van der Waals surface area contributed by atoms with Gasteiger partial charge in [0.2, 0.25) is 0 Å². The van der Waals surface area contributed by atoms with Crippen molar-refractivity contribution < 1.29 is 9.53 Å². The Morgan fingerprint density at radius 1 is 1.22 bits per heavy atom. The highest BCUT2D eigenvalue weighted by Crippen LogP contribution is 2.23. The molecule has 2 heterocycles. The van der Waals surface area contributed by atoms with Gasteiger partial charge in [0, 0.05) is 26.3 Å². The first kappa shape index (κ1) is 16.2. The van der Waals surface area contributed by atoms with Crippen LogP contribution in [0.2, 0.25) is 0 Å². The summed E-state index contributed by atoms with van der Waals surface area (Å²) in [7, 11) is 0. The monoisotopic (exact) mass is 329 g/mol. The molecule has 122 valence electrons. The molecule has 1 aliphatic rings. The van der Waals surface area contributed by atoms with E-state index in [1.54, 1.807) is 11.3 Å². The zero-order valence-corrected chi connectivity index (χ0v) is 14.3. The topological polar surface area (TPSA) is 29.5 Å². The molecule has 4 heteroatoms. The van der Waals surface area contributed by atoms with Crippen molar-refractivity contribution in [2.24, 2.45) is 5.92 Å². The smallest absolute Gasteiger partial charge is 0.264 e. The number of carbonyl (C=O) groups excluding carboxylic acids is 1. The van der Waals surface area contributed by atoms with E-state index in [1.165, 1.54) is 5.56 Å². The lowest BCUT2D eigenvalue weighted by atomic mass is 9.99. The summed E-state index contributed by atoms with van der Waals surface area (Å²) < 4.78 is 5.45. The molecule has 1 aliphatic heterocycles. The average Bonchev–Trinajstić information content (AvgIpc) is 3.01. The number of thiophene rings is 1. The van der Waals surface area contributed by atoms with Crippen LogP contribution in [0.4, 0.5) is 0 Å². The Hall–Kier alpha value is -1.65. The number of nitrogens with zero attached hydrogens (tertiary/aromatic N) is 1. The van der Waals surface area contributed by atoms with Crippen molar-refractivity contribution in [2.75, 3.05) is 19.8 Å². The Bertz CT molecular complexity index is 632. The lowest BCUT2D eigenvalue weighted by Crippen LogP contribution is -2.36. The highest BCUT2D eigenvalue weighted by Gasteiger charge is 2.24. The van der Waals surface area contributed by atoms with Gasteiger partial charge >= 0.3 is 0 Å². The van der Waals surface area contributed by atoms with Crippen LogP contribution in [0.25, 0.3) is 0 Å². The summed E-state index contributed by atoms with van der Waals surface area (Å²) in [6.07, 6.45) is 2.09. The van der Waals surface area contributed by atoms with Crippen molar-refractivity contribution in [3.63, 3.8) is 0 Å². The fourth-order valence-electron chi connectivity index (χ4n) is 3.00. The number of aryl methyl sites for hydroxylation is 1. The fraction of sp³-hybridized carbons (Fsp3) is 0.421. The summed E-state index contributed by atoms with van der Waals surface area (Å²) >= 11 is 1.54. The first-order valence-corrected chi connectivity index (χ1v) is 9.07. The van der Waals surface area contributed by atoms with Crippen LogP contribution in [0, 0.1) is 12.8 Å². The van der Waals surface area contributed by atoms with E-state index in [1.807, 2.05) is 41.5 Å². The number of hydrogen-bond acceptors (Lipinski definition) is 3. The summed E-state index contributed by atoms with van der Waals surface area (Å²) in [6.45, 7) is 5.13. The Balaban J connectivity index is 1.77. The molecule has 1 aromatic carbocycles. The van der Waals surface area contributed by atoms with Crippen LogP contribution in [0.1, 0.15) is 33.6 Å². The predicted molar refractivity (Wildman–Crippen MR) is 93.8 cm³/mol. The minimum absolute atomic E-state index is 0.160. The highest BCUT2D eigenvalue weighted by molar-refractivity contribution is 7.12. The minimum atomic E-state index is 0.160. The first-order chi connectivity index (χ1) is 11.2. The zero-order chi connectivity index (χ0) is 16.1. The molecule has 1 amide bonds. The molecule has 3 rings (SSSR count). The van der Waals surface area contributed by atoms with Crippen molar-refractivity contribution >= 4 is 17.2 Å². The van der Waals surface area contributed by atoms with Gasteiger partial charge in [-0.3, -0.25) is 4.79 Å². The third-order valence-electron chi connectivity index (χ3n) is 4.38. The van der Waals surface area contributed by atoms with Crippen LogP contribution in [-0.4, -0.2) is 30.6 Å². The number of rotatable bonds is 5. The summed E-state index contributed by atoms with van der Waals surface area (Å²) in [4.78, 5) is 15.9. The standard InChI is InChI=1S/C19H23NO2S/c1-15-9-12-23-18(15)19(21)20(13-16-5-3-2-4-6-16)14-17-7-10-22-11-8-17/h2-6,9,12,17H,7-8,10-11,13-14H2,1H3. The zero-order valence-electron chi connectivity index (χ0n) is 13.5. The molecule has 0 N–H and O–H groups in total. The third-order valence-corrected chi connectivity index (χ3v) is 5.38. The first-order valence-electron chi connectivity index (χ1n) is 8.19. The minimum Gasteiger partial charge on any atom is -0.381 e. The van der Waals surface area contributed by atoms with Gasteiger partial charge in [-0.1, -0.05) is 30.3 Å². The van der Waals surface area contributed by atoms with Crippen LogP contribution in [-0.2, 0) is 11.3 Å². The normalized spacial score (nSPS) is 15.5. The molecule has 0 aliphatic carbocycles. The largest absolute Gasteiger partial charge is 0.381 e. The van der Waals surface area contributed by atoms with Gasteiger partial charge in [-0.25, -0.2) is 0 Å². The molecule has 0 bridgehead atoms. The lowest BCUT2D eigenvalue weighted by Gasteiger charge is -2.30. The summed E-state index contributed by atoms with van der Waals surface area (Å²) in [5, 5.41) is 2.00. The van der Waals surface area contributed by atoms with Crippen molar-refractivity contribution in [2.45, 2.75) is 26.3 Å². The quantitative estimate of drug-likeness (QED) is 0.825. The van der Waals surface area contributed by atoms with Crippen LogP contribution < -0.4 is 0 Å².